The van der Waals surface area contributed by atoms with Gasteiger partial charge in [-0.1, -0.05) is 314 Å². The van der Waals surface area contributed by atoms with E-state index in [0.717, 1.165) is 37.4 Å². The standard InChI is InChI=1S/C94H100N4O17Si2/c1-64-79(103-59-66-39-19-9-20-40-66)83(104-60-67-41-21-10-22-42-67)85(105-61-68-43-23-11-24-44-68)91(108-64)115-82-78(96-65(2)99)87(97-98-95)109-76(62-106-116(93(3,4)5,72-51-31-15-32-52-72)73-53-33-16-34-54-73)80(82)114-92-86(113-90(102)71-49-29-14-30-50-71)84(112-89(101)70-47-27-13-28-48-70)81(111-88(100)69-45-25-12-26-46-69)77(110-92)63-107-117(94(6,7)8,74-55-35-17-36-56-74)75-57-37-18-38-58-75/h9-58,64,76-87,91-92H,59-63H2,1-8H3,(H,96,99)/t64-,76+,77+,78+,79+,80+,81-,82+,83+,84-,85-,86+,87+,91-,92-/m0/s1. The summed E-state index contributed by atoms with van der Waals surface area (Å²) >= 11 is 0. The fraction of sp³-hybridized carbons (Fsp3) is 0.319. The number of hydrogen-bond donors (Lipinski definition) is 1. The Kier molecular flexibility index (Phi) is 28.2. The van der Waals surface area contributed by atoms with Crippen molar-refractivity contribution >= 4 is 61.2 Å². The topological polar surface area (TPSA) is 249 Å². The van der Waals surface area contributed by atoms with Gasteiger partial charge in [-0.2, -0.15) is 0 Å². The number of azide groups is 1. The Morgan fingerprint density at radius 1 is 0.385 bits per heavy atom. The molecule has 3 fully saturated rings. The molecule has 0 saturated carbocycles. The fourth-order valence-electron chi connectivity index (χ4n) is 16.0. The number of benzene rings is 10. The van der Waals surface area contributed by atoms with Crippen molar-refractivity contribution in [1.82, 2.24) is 5.32 Å². The second kappa shape index (κ2) is 39.1. The van der Waals surface area contributed by atoms with Crippen molar-refractivity contribution in [2.75, 3.05) is 13.2 Å². The molecule has 3 heterocycles. The number of ether oxygens (including phenoxy) is 11. The van der Waals surface area contributed by atoms with Crippen LogP contribution in [0.3, 0.4) is 0 Å². The molecule has 606 valence electrons. The van der Waals surface area contributed by atoms with Crippen molar-refractivity contribution in [2.24, 2.45) is 5.11 Å². The number of carbonyl (C=O) groups excluding carboxylic acids is 4. The Balaban J connectivity index is 1.04. The number of esters is 3. The smallest absolute Gasteiger partial charge is 0.338 e. The summed E-state index contributed by atoms with van der Waals surface area (Å²) in [7, 11) is -7.30. The van der Waals surface area contributed by atoms with Gasteiger partial charge in [0, 0.05) is 11.8 Å². The van der Waals surface area contributed by atoms with Crippen LogP contribution in [-0.4, -0.2) is 146 Å². The molecular formula is C94H100N4O17Si2. The molecule has 1 N–H and O–H groups in total. The molecule has 21 nitrogen and oxygen atoms in total. The van der Waals surface area contributed by atoms with Crippen LogP contribution in [0.4, 0.5) is 0 Å². The summed E-state index contributed by atoms with van der Waals surface area (Å²) < 4.78 is 95.4. The highest BCUT2D eigenvalue weighted by Crippen LogP contribution is 2.43. The molecule has 3 saturated heterocycles. The highest BCUT2D eigenvalue weighted by molar-refractivity contribution is 7.00. The second-order valence-electron chi connectivity index (χ2n) is 31.4. The van der Waals surface area contributed by atoms with Gasteiger partial charge in [0.2, 0.25) is 5.91 Å². The molecule has 0 aliphatic carbocycles. The van der Waals surface area contributed by atoms with Crippen LogP contribution < -0.4 is 26.1 Å². The normalized spacial score (nSPS) is 23.6. The number of rotatable bonds is 31. The summed E-state index contributed by atoms with van der Waals surface area (Å²) in [6, 6.07) is 91.9. The van der Waals surface area contributed by atoms with Crippen molar-refractivity contribution in [3.63, 3.8) is 0 Å². The number of hydrogen-bond acceptors (Lipinski definition) is 18. The number of nitrogens with zero attached hydrogens (tertiary/aromatic N) is 3. The van der Waals surface area contributed by atoms with Gasteiger partial charge in [-0.05, 0) is 96.4 Å². The van der Waals surface area contributed by atoms with Crippen LogP contribution in [0.15, 0.2) is 308 Å². The lowest BCUT2D eigenvalue weighted by molar-refractivity contribution is -0.366. The molecule has 0 spiro atoms. The summed E-state index contributed by atoms with van der Waals surface area (Å²) in [4.78, 5) is 64.2. The van der Waals surface area contributed by atoms with E-state index in [1.807, 2.05) is 219 Å². The molecule has 10 aromatic rings. The molecule has 0 bridgehead atoms. The molecule has 0 radical (unpaired) electrons. The molecule has 13 rings (SSSR count). The van der Waals surface area contributed by atoms with E-state index < -0.39 is 149 Å². The first-order valence-electron chi connectivity index (χ1n) is 39.6. The Hall–Kier alpha value is -10.6. The van der Waals surface area contributed by atoms with Crippen LogP contribution in [0.1, 0.15) is 103 Å². The summed E-state index contributed by atoms with van der Waals surface area (Å²) in [5, 5.41) is 9.64. The molecule has 10 aromatic carbocycles. The van der Waals surface area contributed by atoms with Crippen LogP contribution in [-0.2, 0) is 85.6 Å². The molecule has 15 atom stereocenters. The quantitative estimate of drug-likeness (QED) is 0.0106. The summed E-state index contributed by atoms with van der Waals surface area (Å²) in [6.45, 7) is 15.3. The molecule has 117 heavy (non-hydrogen) atoms. The monoisotopic (exact) mass is 1610 g/mol. The van der Waals surface area contributed by atoms with E-state index >= 15 is 14.4 Å². The highest BCUT2D eigenvalue weighted by atomic mass is 28.4. The highest BCUT2D eigenvalue weighted by Gasteiger charge is 2.61. The third-order valence-electron chi connectivity index (χ3n) is 21.5. The van der Waals surface area contributed by atoms with E-state index in [1.165, 1.54) is 6.92 Å². The van der Waals surface area contributed by atoms with Gasteiger partial charge in [0.25, 0.3) is 16.6 Å². The lowest BCUT2D eigenvalue weighted by Crippen LogP contribution is -2.71. The minimum Gasteiger partial charge on any atom is -0.452 e. The zero-order valence-corrected chi connectivity index (χ0v) is 68.8. The SMILES string of the molecule is CC(=O)N[C@@H]1[C@@H](O[C@@H]2O[C@@H](C)[C@@H](OCc3ccccc3)[C@@H](OCc3ccccc3)[C@@H]2OCc2ccccc2)[C@H](O[C@@H]2O[C@H](CO[Si](c3ccccc3)(c3ccccc3)C(C)(C)C)[C@H](OC(=O)c3ccccc3)[C@H](OC(=O)c3ccccc3)[C@H]2OC(=O)c2ccccc2)[C@@H](CO[Si](c2ccccc2)(c2ccccc2)C(C)(C)C)O[C@H]1N=[N+]=[N-]. The van der Waals surface area contributed by atoms with Gasteiger partial charge in [-0.25, -0.2) is 14.4 Å². The average molecular weight is 1610 g/mol. The van der Waals surface area contributed by atoms with Gasteiger partial charge in [0.1, 0.15) is 42.7 Å². The van der Waals surface area contributed by atoms with E-state index in [-0.39, 0.29) is 43.1 Å². The van der Waals surface area contributed by atoms with Crippen molar-refractivity contribution in [2.45, 2.75) is 177 Å². The van der Waals surface area contributed by atoms with Gasteiger partial charge in [-0.3, -0.25) is 4.79 Å². The maximum absolute atomic E-state index is 15.6. The van der Waals surface area contributed by atoms with Crippen LogP contribution >= 0.6 is 0 Å². The van der Waals surface area contributed by atoms with E-state index in [9.17, 15) is 10.3 Å². The van der Waals surface area contributed by atoms with Gasteiger partial charge >= 0.3 is 17.9 Å². The van der Waals surface area contributed by atoms with E-state index in [1.54, 1.807) is 91.0 Å². The fourth-order valence-corrected chi connectivity index (χ4v) is 25.1. The first-order chi connectivity index (χ1) is 56.7. The molecular weight excluding hydrogens is 1510 g/mol. The predicted octanol–water partition coefficient (Wildman–Crippen LogP) is 14.4. The van der Waals surface area contributed by atoms with Crippen LogP contribution in [0.2, 0.25) is 10.1 Å². The van der Waals surface area contributed by atoms with Gasteiger partial charge < -0.3 is 66.3 Å². The lowest BCUT2D eigenvalue weighted by atomic mass is 9.93. The summed E-state index contributed by atoms with van der Waals surface area (Å²) in [5.41, 5.74) is 13.7. The number of amides is 1. The van der Waals surface area contributed by atoms with Crippen molar-refractivity contribution in [3.8, 4) is 0 Å². The third kappa shape index (κ3) is 20.0. The maximum Gasteiger partial charge on any atom is 0.338 e. The molecule has 0 aromatic heterocycles. The zero-order valence-electron chi connectivity index (χ0n) is 66.8. The number of nitrogens with one attached hydrogen (secondary N) is 1. The predicted molar refractivity (Wildman–Crippen MR) is 447 cm³/mol. The first kappa shape index (κ1) is 84.3. The average Bonchev–Trinajstić information content (AvgIpc) is 0.747. The van der Waals surface area contributed by atoms with Gasteiger partial charge in [0.05, 0.1) is 61.9 Å². The number of carbonyl (C=O) groups is 4. The van der Waals surface area contributed by atoms with Crippen LogP contribution in [0, 0.1) is 0 Å². The molecule has 1 amide bonds. The zero-order chi connectivity index (χ0) is 81.9. The summed E-state index contributed by atoms with van der Waals surface area (Å²) in [6.07, 6.45) is -20.8. The Morgan fingerprint density at radius 3 is 1.07 bits per heavy atom. The van der Waals surface area contributed by atoms with Crippen LogP contribution in [0.25, 0.3) is 10.4 Å². The van der Waals surface area contributed by atoms with Crippen molar-refractivity contribution in [3.05, 3.63) is 347 Å². The van der Waals surface area contributed by atoms with Crippen molar-refractivity contribution < 1.29 is 80.1 Å². The van der Waals surface area contributed by atoms with E-state index in [0.29, 0.717) is 0 Å². The third-order valence-corrected chi connectivity index (χ3v) is 31.5. The lowest BCUT2D eigenvalue weighted by Gasteiger charge is -2.52. The van der Waals surface area contributed by atoms with Crippen LogP contribution in [0.5, 0.6) is 0 Å². The molecule has 3 aliphatic heterocycles. The Bertz CT molecular complexity index is 4780. The largest absolute Gasteiger partial charge is 0.452 e. The van der Waals surface area contributed by atoms with Gasteiger partial charge in [-0.15, -0.1) is 0 Å². The summed E-state index contributed by atoms with van der Waals surface area (Å²) in [5.74, 6) is -3.30. The molecule has 0 unspecified atom stereocenters. The minimum atomic E-state index is -3.66. The van der Waals surface area contributed by atoms with Gasteiger partial charge in [0.15, 0.2) is 37.1 Å². The Morgan fingerprint density at radius 2 is 0.701 bits per heavy atom. The first-order valence-corrected chi connectivity index (χ1v) is 43.4. The second-order valence-corrected chi connectivity index (χ2v) is 40.0. The minimum absolute atomic E-state index is 0.000315. The van der Waals surface area contributed by atoms with E-state index in [4.69, 9.17) is 61.0 Å². The molecule has 3 aliphatic rings. The van der Waals surface area contributed by atoms with E-state index in [2.05, 4.69) is 56.9 Å². The Labute approximate surface area is 685 Å². The van der Waals surface area contributed by atoms with Crippen molar-refractivity contribution in [1.29, 1.82) is 0 Å². The molecule has 23 heteroatoms. The maximum atomic E-state index is 15.6.